The lowest BCUT2D eigenvalue weighted by molar-refractivity contribution is 1.17. The van der Waals surface area contributed by atoms with E-state index >= 15 is 0 Å². The summed E-state index contributed by atoms with van der Waals surface area (Å²) in [5.74, 6) is 0. The number of nitrogens with zero attached hydrogens (tertiary/aromatic N) is 3. The molecule has 0 unspecified atom stereocenters. The molecule has 0 amide bonds. The van der Waals surface area contributed by atoms with Crippen molar-refractivity contribution < 1.29 is 0 Å². The maximum atomic E-state index is 2.55. The molecule has 0 saturated heterocycles. The van der Waals surface area contributed by atoms with Crippen molar-refractivity contribution in [2.24, 2.45) is 0 Å². The van der Waals surface area contributed by atoms with Crippen LogP contribution >= 0.6 is 11.3 Å². The smallest absolute Gasteiger partial charge is 0.0663 e. The highest BCUT2D eigenvalue weighted by Gasteiger charge is 2.28. The van der Waals surface area contributed by atoms with E-state index in [0.29, 0.717) is 0 Å². The van der Waals surface area contributed by atoms with E-state index in [9.17, 15) is 0 Å². The van der Waals surface area contributed by atoms with Gasteiger partial charge in [0.25, 0.3) is 0 Å². The van der Waals surface area contributed by atoms with Crippen molar-refractivity contribution >= 4 is 96.9 Å². The zero-order valence-electron chi connectivity index (χ0n) is 28.0. The first kappa shape index (κ1) is 28.1. The van der Waals surface area contributed by atoms with Crippen LogP contribution in [0.5, 0.6) is 0 Å². The summed E-state index contributed by atoms with van der Waals surface area (Å²) in [4.78, 5) is 0. The van der Waals surface area contributed by atoms with Gasteiger partial charge in [0.15, 0.2) is 0 Å². The highest BCUT2D eigenvalue weighted by atomic mass is 32.1. The maximum Gasteiger partial charge on any atom is 0.0663 e. The Labute approximate surface area is 302 Å². The molecule has 0 aliphatic carbocycles. The molecule has 0 radical (unpaired) electrons. The second-order valence-corrected chi connectivity index (χ2v) is 14.8. The maximum absolute atomic E-state index is 2.55. The predicted molar refractivity (Wildman–Crippen MR) is 222 cm³/mol. The Morgan fingerprint density at radius 1 is 0.288 bits per heavy atom. The van der Waals surface area contributed by atoms with E-state index in [1.807, 2.05) is 11.3 Å². The van der Waals surface area contributed by atoms with Crippen LogP contribution in [0.25, 0.3) is 103 Å². The van der Waals surface area contributed by atoms with Gasteiger partial charge in [-0.25, -0.2) is 0 Å². The van der Waals surface area contributed by atoms with Crippen LogP contribution in [0.15, 0.2) is 176 Å². The van der Waals surface area contributed by atoms with Gasteiger partial charge in [0.1, 0.15) is 0 Å². The summed E-state index contributed by atoms with van der Waals surface area (Å²) in [7, 11) is 0. The van der Waals surface area contributed by atoms with E-state index in [4.69, 9.17) is 0 Å². The molecule has 0 spiro atoms. The summed E-state index contributed by atoms with van der Waals surface area (Å²) in [5, 5.41) is 10.2. The lowest BCUT2D eigenvalue weighted by Crippen LogP contribution is -1.98. The summed E-state index contributed by atoms with van der Waals surface area (Å²) >= 11 is 1.88. The van der Waals surface area contributed by atoms with Crippen LogP contribution in [0.3, 0.4) is 0 Å². The van der Waals surface area contributed by atoms with Crippen LogP contribution in [-0.4, -0.2) is 13.7 Å². The average molecular weight is 680 g/mol. The second kappa shape index (κ2) is 10.5. The molecule has 242 valence electrons. The van der Waals surface area contributed by atoms with Gasteiger partial charge in [0.2, 0.25) is 0 Å². The number of fused-ring (bicyclic) bond motifs is 15. The third kappa shape index (κ3) is 3.64. The molecule has 0 saturated carbocycles. The third-order valence-electron chi connectivity index (χ3n) is 11.0. The van der Waals surface area contributed by atoms with E-state index in [1.54, 1.807) is 0 Å². The summed E-state index contributed by atoms with van der Waals surface area (Å²) < 4.78 is 10.2. The zero-order valence-corrected chi connectivity index (χ0v) is 28.8. The third-order valence-corrected chi connectivity index (χ3v) is 12.1. The van der Waals surface area contributed by atoms with Gasteiger partial charge in [-0.3, -0.25) is 0 Å². The number of aromatic nitrogens is 3. The average Bonchev–Trinajstić information content (AvgIpc) is 3.94. The van der Waals surface area contributed by atoms with Gasteiger partial charge in [0, 0.05) is 69.6 Å². The van der Waals surface area contributed by atoms with Gasteiger partial charge in [-0.2, -0.15) is 0 Å². The Hall–Kier alpha value is -6.62. The molecular formula is C48H29N3S. The Bertz CT molecular complexity index is 3320. The minimum Gasteiger partial charge on any atom is -0.308 e. The molecule has 0 bridgehead atoms. The van der Waals surface area contributed by atoms with Crippen molar-refractivity contribution in [1.82, 2.24) is 13.7 Å². The first-order valence-electron chi connectivity index (χ1n) is 17.8. The lowest BCUT2D eigenvalue weighted by atomic mass is 10.0. The van der Waals surface area contributed by atoms with Crippen molar-refractivity contribution in [1.29, 1.82) is 0 Å². The Balaban J connectivity index is 1.40. The van der Waals surface area contributed by atoms with Crippen LogP contribution < -0.4 is 0 Å². The molecule has 3 nitrogen and oxygen atoms in total. The van der Waals surface area contributed by atoms with Crippen molar-refractivity contribution in [3.8, 4) is 17.1 Å². The fraction of sp³-hybridized carbons (Fsp3) is 0. The molecule has 4 aromatic heterocycles. The number of hydrogen-bond donors (Lipinski definition) is 0. The molecule has 0 aliphatic heterocycles. The van der Waals surface area contributed by atoms with Crippen LogP contribution in [-0.2, 0) is 0 Å². The van der Waals surface area contributed by atoms with Crippen LogP contribution in [0.1, 0.15) is 0 Å². The molecule has 4 heterocycles. The second-order valence-electron chi connectivity index (χ2n) is 13.7. The standard InChI is InChI=1S/C48H29N3S/c1-3-15-30(16-4-1)49-38-23-11-7-20-35(38)43-46-44(36-21-8-12-24-39(36)50(46)31-17-5-2-6-18-31)48-45(47(43)49)37-22-9-13-25-40(37)51(48)32-27-28-34-33-19-10-14-26-41(33)52-42(34)29-32/h1-29H. The van der Waals surface area contributed by atoms with Gasteiger partial charge >= 0.3 is 0 Å². The first-order chi connectivity index (χ1) is 25.8. The summed E-state index contributed by atoms with van der Waals surface area (Å²) in [6.45, 7) is 0. The van der Waals surface area contributed by atoms with E-state index in [2.05, 4.69) is 190 Å². The van der Waals surface area contributed by atoms with E-state index in [1.165, 1.54) is 91.3 Å². The summed E-state index contributed by atoms with van der Waals surface area (Å²) in [5.41, 5.74) is 10.8. The van der Waals surface area contributed by atoms with Gasteiger partial charge in [-0.15, -0.1) is 11.3 Å². The number of thiophene rings is 1. The van der Waals surface area contributed by atoms with E-state index in [-0.39, 0.29) is 0 Å². The molecule has 0 N–H and O–H groups in total. The van der Waals surface area contributed by atoms with Gasteiger partial charge in [-0.05, 0) is 60.7 Å². The van der Waals surface area contributed by atoms with Crippen LogP contribution in [0.4, 0.5) is 0 Å². The number of rotatable bonds is 3. The minimum absolute atomic E-state index is 1.15. The molecule has 0 atom stereocenters. The highest BCUT2D eigenvalue weighted by Crippen LogP contribution is 2.50. The van der Waals surface area contributed by atoms with E-state index < -0.39 is 0 Å². The van der Waals surface area contributed by atoms with Crippen molar-refractivity contribution in [3.63, 3.8) is 0 Å². The number of hydrogen-bond acceptors (Lipinski definition) is 1. The molecule has 12 rings (SSSR count). The molecular weight excluding hydrogens is 651 g/mol. The topological polar surface area (TPSA) is 14.8 Å². The Kier molecular flexibility index (Phi) is 5.65. The Morgan fingerprint density at radius 3 is 1.17 bits per heavy atom. The van der Waals surface area contributed by atoms with Crippen LogP contribution in [0, 0.1) is 0 Å². The fourth-order valence-corrected chi connectivity index (χ4v) is 10.1. The SMILES string of the molecule is c1ccc(-n2c3ccccc3c3c2c2c4ccccc4n(-c4ccc5c(c4)sc4ccccc45)c2c2c4ccccc4n(-c4ccccc4)c32)cc1. The quantitative estimate of drug-likeness (QED) is 0.177. The number of para-hydroxylation sites is 5. The first-order valence-corrected chi connectivity index (χ1v) is 18.6. The Morgan fingerprint density at radius 2 is 0.673 bits per heavy atom. The van der Waals surface area contributed by atoms with Crippen molar-refractivity contribution in [2.75, 3.05) is 0 Å². The van der Waals surface area contributed by atoms with Crippen molar-refractivity contribution in [2.45, 2.75) is 0 Å². The fourth-order valence-electron chi connectivity index (χ4n) is 8.96. The van der Waals surface area contributed by atoms with E-state index in [0.717, 1.165) is 11.4 Å². The summed E-state index contributed by atoms with van der Waals surface area (Å²) in [6, 6.07) is 64.5. The molecule has 0 aliphatic rings. The molecule has 0 fully saturated rings. The number of benzene rings is 8. The van der Waals surface area contributed by atoms with Gasteiger partial charge in [-0.1, -0.05) is 115 Å². The van der Waals surface area contributed by atoms with Gasteiger partial charge in [0.05, 0.1) is 33.1 Å². The molecule has 4 heteroatoms. The lowest BCUT2D eigenvalue weighted by Gasteiger charge is -2.13. The van der Waals surface area contributed by atoms with Crippen LogP contribution in [0.2, 0.25) is 0 Å². The minimum atomic E-state index is 1.15. The highest BCUT2D eigenvalue weighted by molar-refractivity contribution is 7.25. The predicted octanol–water partition coefficient (Wildman–Crippen LogP) is 13.3. The molecule has 8 aromatic carbocycles. The summed E-state index contributed by atoms with van der Waals surface area (Å²) in [6.07, 6.45) is 0. The monoisotopic (exact) mass is 679 g/mol. The normalized spacial score (nSPS) is 12.2. The molecule has 52 heavy (non-hydrogen) atoms. The zero-order chi connectivity index (χ0) is 33.9. The largest absolute Gasteiger partial charge is 0.308 e. The molecule has 12 aromatic rings. The van der Waals surface area contributed by atoms with Gasteiger partial charge < -0.3 is 13.7 Å². The van der Waals surface area contributed by atoms with Crippen molar-refractivity contribution in [3.05, 3.63) is 176 Å².